The average Bonchev–Trinajstić information content (AvgIpc) is 2.93. The first-order valence-electron chi connectivity index (χ1n) is 7.62. The summed E-state index contributed by atoms with van der Waals surface area (Å²) in [6.07, 6.45) is 2.01. The fourth-order valence-corrected chi connectivity index (χ4v) is 2.90. The van der Waals surface area contributed by atoms with E-state index in [1.165, 1.54) is 4.80 Å². The molecule has 3 rings (SSSR count). The Kier molecular flexibility index (Phi) is 4.88. The van der Waals surface area contributed by atoms with Gasteiger partial charge in [0.1, 0.15) is 0 Å². The Morgan fingerprint density at radius 1 is 1.39 bits per heavy atom. The summed E-state index contributed by atoms with van der Waals surface area (Å²) in [5, 5.41) is 15.8. The van der Waals surface area contributed by atoms with E-state index in [0.29, 0.717) is 23.0 Å². The monoisotopic (exact) mass is 334 g/mol. The second-order valence-electron chi connectivity index (χ2n) is 5.75. The Labute approximate surface area is 139 Å². The number of carbonyl (C=O) groups is 1. The number of tetrazole rings is 1. The van der Waals surface area contributed by atoms with Crippen LogP contribution in [0.25, 0.3) is 0 Å². The third kappa shape index (κ3) is 4.27. The van der Waals surface area contributed by atoms with E-state index in [1.54, 1.807) is 31.3 Å². The molecule has 1 amide bonds. The zero-order chi connectivity index (χ0) is 16.2. The molecule has 2 aromatic rings. The van der Waals surface area contributed by atoms with Gasteiger partial charge in [0.25, 0.3) is 5.91 Å². The predicted molar refractivity (Wildman–Crippen MR) is 86.0 cm³/mol. The van der Waals surface area contributed by atoms with Crippen LogP contribution in [-0.2, 0) is 13.6 Å². The Morgan fingerprint density at radius 2 is 2.17 bits per heavy atom. The zero-order valence-corrected chi connectivity index (χ0v) is 13.7. The number of piperidine rings is 1. The Morgan fingerprint density at radius 3 is 2.87 bits per heavy atom. The molecule has 2 heterocycles. The minimum atomic E-state index is -0.0638. The first-order valence-corrected chi connectivity index (χ1v) is 7.99. The van der Waals surface area contributed by atoms with Crippen LogP contribution in [0.1, 0.15) is 29.0 Å². The first-order chi connectivity index (χ1) is 11.1. The fourth-order valence-electron chi connectivity index (χ4n) is 2.77. The van der Waals surface area contributed by atoms with E-state index in [1.807, 2.05) is 0 Å². The third-order valence-corrected chi connectivity index (χ3v) is 4.11. The number of aromatic nitrogens is 4. The number of halogens is 1. The van der Waals surface area contributed by atoms with Crippen LogP contribution in [0.15, 0.2) is 24.3 Å². The number of aryl methyl sites for hydroxylation is 1. The Bertz CT molecular complexity index is 671. The predicted octanol–water partition coefficient (Wildman–Crippen LogP) is 1.26. The van der Waals surface area contributed by atoms with Crippen LogP contribution in [0, 0.1) is 0 Å². The molecule has 1 aliphatic rings. The maximum atomic E-state index is 12.3. The zero-order valence-electron chi connectivity index (χ0n) is 12.9. The largest absolute Gasteiger partial charge is 0.348 e. The van der Waals surface area contributed by atoms with Crippen molar-refractivity contribution in [2.75, 3.05) is 13.1 Å². The summed E-state index contributed by atoms with van der Waals surface area (Å²) in [6, 6.07) is 7.06. The minimum Gasteiger partial charge on any atom is -0.348 e. The average molecular weight is 335 g/mol. The van der Waals surface area contributed by atoms with Gasteiger partial charge < -0.3 is 5.32 Å². The Hall–Kier alpha value is -1.99. The summed E-state index contributed by atoms with van der Waals surface area (Å²) in [5.74, 6) is 0.642. The van der Waals surface area contributed by atoms with Gasteiger partial charge in [-0.15, -0.1) is 10.2 Å². The van der Waals surface area contributed by atoms with Crippen molar-refractivity contribution in [2.24, 2.45) is 7.05 Å². The van der Waals surface area contributed by atoms with Crippen molar-refractivity contribution < 1.29 is 4.79 Å². The quantitative estimate of drug-likeness (QED) is 0.911. The number of nitrogens with zero attached hydrogens (tertiary/aromatic N) is 5. The van der Waals surface area contributed by atoms with Crippen LogP contribution < -0.4 is 5.32 Å². The lowest BCUT2D eigenvalue weighted by Gasteiger charge is -2.32. The van der Waals surface area contributed by atoms with E-state index in [9.17, 15) is 4.79 Å². The summed E-state index contributed by atoms with van der Waals surface area (Å²) >= 11 is 5.85. The molecule has 1 N–H and O–H groups in total. The van der Waals surface area contributed by atoms with Gasteiger partial charge in [-0.3, -0.25) is 9.69 Å². The molecule has 122 valence electrons. The normalized spacial score (nSPS) is 18.8. The van der Waals surface area contributed by atoms with E-state index in [4.69, 9.17) is 11.6 Å². The SMILES string of the molecule is Cn1nnc(CN2CCCC(NC(=O)c3ccc(Cl)cc3)C2)n1. The van der Waals surface area contributed by atoms with Crippen molar-refractivity contribution in [3.63, 3.8) is 0 Å². The molecule has 7 nitrogen and oxygen atoms in total. The lowest BCUT2D eigenvalue weighted by atomic mass is 10.0. The van der Waals surface area contributed by atoms with Crippen molar-refractivity contribution >= 4 is 17.5 Å². The van der Waals surface area contributed by atoms with Gasteiger partial charge in [0.15, 0.2) is 5.82 Å². The third-order valence-electron chi connectivity index (χ3n) is 3.86. The Balaban J connectivity index is 1.55. The van der Waals surface area contributed by atoms with Crippen LogP contribution in [0.5, 0.6) is 0 Å². The van der Waals surface area contributed by atoms with Gasteiger partial charge in [0, 0.05) is 23.2 Å². The van der Waals surface area contributed by atoms with Crippen LogP contribution in [0.4, 0.5) is 0 Å². The molecule has 0 spiro atoms. The van der Waals surface area contributed by atoms with Crippen molar-refractivity contribution in [2.45, 2.75) is 25.4 Å². The summed E-state index contributed by atoms with van der Waals surface area (Å²) in [4.78, 5) is 16.0. The van der Waals surface area contributed by atoms with Crippen molar-refractivity contribution in [3.05, 3.63) is 40.7 Å². The number of hydrogen-bond donors (Lipinski definition) is 1. The van der Waals surface area contributed by atoms with Crippen molar-refractivity contribution in [3.8, 4) is 0 Å². The molecule has 0 radical (unpaired) electrons. The maximum Gasteiger partial charge on any atom is 0.251 e. The lowest BCUT2D eigenvalue weighted by Crippen LogP contribution is -2.47. The number of amides is 1. The van der Waals surface area contributed by atoms with Crippen LogP contribution in [0.2, 0.25) is 5.02 Å². The number of benzene rings is 1. The fraction of sp³-hybridized carbons (Fsp3) is 0.467. The molecule has 1 aromatic heterocycles. The van der Waals surface area contributed by atoms with Gasteiger partial charge in [0.05, 0.1) is 13.6 Å². The number of hydrogen-bond acceptors (Lipinski definition) is 5. The molecule has 0 aliphatic carbocycles. The molecule has 0 bridgehead atoms. The summed E-state index contributed by atoms with van der Waals surface area (Å²) in [7, 11) is 1.75. The van der Waals surface area contributed by atoms with Gasteiger partial charge in [-0.05, 0) is 48.9 Å². The summed E-state index contributed by atoms with van der Waals surface area (Å²) in [6.45, 7) is 2.42. The van der Waals surface area contributed by atoms with Crippen LogP contribution >= 0.6 is 11.6 Å². The van der Waals surface area contributed by atoms with Crippen molar-refractivity contribution in [1.29, 1.82) is 0 Å². The van der Waals surface area contributed by atoms with Crippen LogP contribution in [0.3, 0.4) is 0 Å². The molecule has 8 heteroatoms. The molecule has 0 saturated carbocycles. The maximum absolute atomic E-state index is 12.3. The number of likely N-dealkylation sites (tertiary alicyclic amines) is 1. The molecular weight excluding hydrogens is 316 g/mol. The standard InChI is InChI=1S/C15H19ClN6O/c1-21-19-14(18-20-21)10-22-8-2-3-13(9-22)17-15(23)11-4-6-12(16)7-5-11/h4-7,13H,2-3,8-10H2,1H3,(H,17,23). The second-order valence-corrected chi connectivity index (χ2v) is 6.19. The van der Waals surface area contributed by atoms with Gasteiger partial charge in [0.2, 0.25) is 0 Å². The van der Waals surface area contributed by atoms with Gasteiger partial charge in [-0.1, -0.05) is 11.6 Å². The number of nitrogens with one attached hydrogen (secondary N) is 1. The smallest absolute Gasteiger partial charge is 0.251 e. The second kappa shape index (κ2) is 7.06. The van der Waals surface area contributed by atoms with Gasteiger partial charge in [-0.25, -0.2) is 0 Å². The summed E-state index contributed by atoms with van der Waals surface area (Å²) in [5.41, 5.74) is 0.627. The van der Waals surface area contributed by atoms with E-state index in [0.717, 1.165) is 25.9 Å². The topological polar surface area (TPSA) is 75.9 Å². The highest BCUT2D eigenvalue weighted by Gasteiger charge is 2.22. The van der Waals surface area contributed by atoms with Gasteiger partial charge >= 0.3 is 0 Å². The van der Waals surface area contributed by atoms with E-state index >= 15 is 0 Å². The molecule has 1 atom stereocenters. The van der Waals surface area contributed by atoms with Crippen LogP contribution in [-0.4, -0.2) is 50.1 Å². The summed E-state index contributed by atoms with van der Waals surface area (Å²) < 4.78 is 0. The van der Waals surface area contributed by atoms with E-state index in [2.05, 4.69) is 25.6 Å². The molecule has 1 aliphatic heterocycles. The molecule has 1 saturated heterocycles. The first kappa shape index (κ1) is 15.9. The molecule has 1 fully saturated rings. The minimum absolute atomic E-state index is 0.0638. The van der Waals surface area contributed by atoms with E-state index in [-0.39, 0.29) is 11.9 Å². The number of rotatable bonds is 4. The van der Waals surface area contributed by atoms with Crippen molar-refractivity contribution in [1.82, 2.24) is 30.4 Å². The number of carbonyl (C=O) groups excluding carboxylic acids is 1. The lowest BCUT2D eigenvalue weighted by molar-refractivity contribution is 0.0899. The highest BCUT2D eigenvalue weighted by atomic mass is 35.5. The van der Waals surface area contributed by atoms with Gasteiger partial charge in [-0.2, -0.15) is 4.80 Å². The van der Waals surface area contributed by atoms with E-state index < -0.39 is 0 Å². The molecule has 1 unspecified atom stereocenters. The molecule has 1 aromatic carbocycles. The highest BCUT2D eigenvalue weighted by Crippen LogP contribution is 2.14. The molecule has 23 heavy (non-hydrogen) atoms. The molecular formula is C15H19ClN6O. The highest BCUT2D eigenvalue weighted by molar-refractivity contribution is 6.30.